The van der Waals surface area contributed by atoms with E-state index in [4.69, 9.17) is 11.6 Å². The topological polar surface area (TPSA) is 70.5 Å². The number of amides is 1. The summed E-state index contributed by atoms with van der Waals surface area (Å²) in [6, 6.07) is 13.0. The third-order valence-electron chi connectivity index (χ3n) is 4.93. The van der Waals surface area contributed by atoms with Crippen molar-refractivity contribution in [1.29, 1.82) is 0 Å². The number of hydrogen-bond donors (Lipinski definition) is 1. The lowest BCUT2D eigenvalue weighted by Crippen LogP contribution is -2.30. The van der Waals surface area contributed by atoms with Crippen LogP contribution in [0.15, 0.2) is 71.3 Å². The number of nitrogens with zero attached hydrogens (tertiary/aromatic N) is 2. The Bertz CT molecular complexity index is 1360. The number of carbonyl (C=O) groups is 2. The van der Waals surface area contributed by atoms with E-state index in [-0.39, 0.29) is 5.57 Å². The molecule has 154 valence electrons. The number of fused-ring (bicyclic) bond motifs is 1. The standard InChI is InChI=1S/C22H12ClFN2O3S2/c23-12-5-8-14-16(10-12)31-22(25-14)26-18(11-3-6-13(24)7-4-11)17(20(28)21(26)29)19(27)15-2-1-9-30-15/h1-10,18,28H. The predicted octanol–water partition coefficient (Wildman–Crippen LogP) is 5.93. The molecule has 4 aromatic rings. The van der Waals surface area contributed by atoms with Crippen molar-refractivity contribution in [2.24, 2.45) is 0 Å². The van der Waals surface area contributed by atoms with E-state index in [9.17, 15) is 19.1 Å². The van der Waals surface area contributed by atoms with E-state index >= 15 is 0 Å². The number of rotatable bonds is 4. The second-order valence-electron chi connectivity index (χ2n) is 6.81. The number of carbonyl (C=O) groups excluding carboxylic acids is 2. The van der Waals surface area contributed by atoms with Gasteiger partial charge in [0.2, 0.25) is 5.78 Å². The summed E-state index contributed by atoms with van der Waals surface area (Å²) < 4.78 is 14.3. The molecule has 0 aliphatic carbocycles. The van der Waals surface area contributed by atoms with E-state index in [0.29, 0.717) is 26.1 Å². The highest BCUT2D eigenvalue weighted by Crippen LogP contribution is 2.44. The highest BCUT2D eigenvalue weighted by atomic mass is 35.5. The number of thiophene rings is 1. The number of anilines is 1. The maximum atomic E-state index is 13.6. The number of aromatic nitrogens is 1. The molecule has 31 heavy (non-hydrogen) atoms. The van der Waals surface area contributed by atoms with Crippen LogP contribution in [0.1, 0.15) is 21.3 Å². The summed E-state index contributed by atoms with van der Waals surface area (Å²) in [4.78, 5) is 32.5. The van der Waals surface area contributed by atoms with Gasteiger partial charge in [-0.05, 0) is 47.3 Å². The molecule has 0 spiro atoms. The number of benzene rings is 2. The van der Waals surface area contributed by atoms with Gasteiger partial charge in [-0.1, -0.05) is 41.1 Å². The zero-order valence-corrected chi connectivity index (χ0v) is 18.0. The molecule has 0 saturated carbocycles. The van der Waals surface area contributed by atoms with Crippen LogP contribution in [0.2, 0.25) is 5.02 Å². The van der Waals surface area contributed by atoms with Crippen molar-refractivity contribution >= 4 is 61.3 Å². The second-order valence-corrected chi connectivity index (χ2v) is 9.20. The van der Waals surface area contributed by atoms with Gasteiger partial charge in [-0.15, -0.1) is 11.3 Å². The van der Waals surface area contributed by atoms with Gasteiger partial charge in [-0.3, -0.25) is 14.5 Å². The van der Waals surface area contributed by atoms with E-state index in [1.165, 1.54) is 51.8 Å². The fraction of sp³-hybridized carbons (Fsp3) is 0.0455. The molecular weight excluding hydrogens is 459 g/mol. The van der Waals surface area contributed by atoms with Crippen molar-refractivity contribution in [3.63, 3.8) is 0 Å². The van der Waals surface area contributed by atoms with Crippen LogP contribution in [0, 0.1) is 5.82 Å². The zero-order valence-electron chi connectivity index (χ0n) is 15.6. The minimum atomic E-state index is -0.946. The summed E-state index contributed by atoms with van der Waals surface area (Å²) in [6.45, 7) is 0. The highest BCUT2D eigenvalue weighted by molar-refractivity contribution is 7.22. The van der Waals surface area contributed by atoms with E-state index in [0.717, 1.165) is 4.70 Å². The van der Waals surface area contributed by atoms with Gasteiger partial charge in [0.15, 0.2) is 10.9 Å². The summed E-state index contributed by atoms with van der Waals surface area (Å²) in [5.74, 6) is -2.28. The lowest BCUT2D eigenvalue weighted by atomic mass is 9.95. The Morgan fingerprint density at radius 1 is 1.16 bits per heavy atom. The van der Waals surface area contributed by atoms with Crippen molar-refractivity contribution in [1.82, 2.24) is 4.98 Å². The average Bonchev–Trinajstić information content (AvgIpc) is 3.47. The number of halogens is 2. The van der Waals surface area contributed by atoms with Gasteiger partial charge >= 0.3 is 0 Å². The third kappa shape index (κ3) is 3.33. The molecule has 1 aliphatic heterocycles. The summed E-state index contributed by atoms with van der Waals surface area (Å²) in [5, 5.41) is 13.3. The van der Waals surface area contributed by atoms with E-state index in [1.54, 1.807) is 35.7 Å². The number of Topliss-reactive ketones (excluding diaryl/α,β-unsaturated/α-hetero) is 1. The normalized spacial score (nSPS) is 16.5. The van der Waals surface area contributed by atoms with E-state index in [2.05, 4.69) is 4.98 Å². The molecule has 2 aromatic heterocycles. The molecule has 1 amide bonds. The van der Waals surface area contributed by atoms with Gasteiger partial charge in [0, 0.05) is 5.02 Å². The Hall–Kier alpha value is -3.07. The lowest BCUT2D eigenvalue weighted by Gasteiger charge is -2.24. The summed E-state index contributed by atoms with van der Waals surface area (Å²) in [7, 11) is 0. The van der Waals surface area contributed by atoms with Gasteiger partial charge in [0.05, 0.1) is 26.7 Å². The highest BCUT2D eigenvalue weighted by Gasteiger charge is 2.46. The number of aliphatic hydroxyl groups is 1. The van der Waals surface area contributed by atoms with Crippen LogP contribution in [-0.4, -0.2) is 21.8 Å². The van der Waals surface area contributed by atoms with Gasteiger partial charge in [-0.25, -0.2) is 9.37 Å². The van der Waals surface area contributed by atoms with Crippen LogP contribution < -0.4 is 4.90 Å². The smallest absolute Gasteiger partial charge is 0.296 e. The van der Waals surface area contributed by atoms with Crippen LogP contribution in [0.4, 0.5) is 9.52 Å². The molecule has 9 heteroatoms. The minimum absolute atomic E-state index is 0.0589. The van der Waals surface area contributed by atoms with Crippen molar-refractivity contribution in [3.8, 4) is 0 Å². The average molecular weight is 471 g/mol. The first-order valence-corrected chi connectivity index (χ1v) is 11.2. The molecule has 5 rings (SSSR count). The van der Waals surface area contributed by atoms with Crippen LogP contribution in [-0.2, 0) is 4.79 Å². The molecule has 2 aromatic carbocycles. The fourth-order valence-corrected chi connectivity index (χ4v) is 5.47. The molecule has 0 radical (unpaired) electrons. The van der Waals surface area contributed by atoms with E-state index in [1.807, 2.05) is 0 Å². The molecule has 3 heterocycles. The monoisotopic (exact) mass is 470 g/mol. The predicted molar refractivity (Wildman–Crippen MR) is 120 cm³/mol. The van der Waals surface area contributed by atoms with Crippen LogP contribution in [0.5, 0.6) is 0 Å². The Morgan fingerprint density at radius 2 is 1.94 bits per heavy atom. The molecule has 1 N–H and O–H groups in total. The Kier molecular flexibility index (Phi) is 4.85. The first-order chi connectivity index (χ1) is 14.9. The number of hydrogen-bond acceptors (Lipinski definition) is 6. The SMILES string of the molecule is O=C(C1=C(O)C(=O)N(c2nc3ccc(Cl)cc3s2)C1c1ccc(F)cc1)c1cccs1. The summed E-state index contributed by atoms with van der Waals surface area (Å²) in [6.07, 6.45) is 0. The van der Waals surface area contributed by atoms with Gasteiger partial charge in [0.25, 0.3) is 5.91 Å². The molecule has 5 nitrogen and oxygen atoms in total. The zero-order chi connectivity index (χ0) is 21.7. The Balaban J connectivity index is 1.68. The maximum absolute atomic E-state index is 13.6. The van der Waals surface area contributed by atoms with Crippen molar-refractivity contribution < 1.29 is 19.1 Å². The van der Waals surface area contributed by atoms with Crippen LogP contribution >= 0.6 is 34.3 Å². The number of thiazole rings is 1. The van der Waals surface area contributed by atoms with Crippen molar-refractivity contribution in [3.05, 3.63) is 92.6 Å². The minimum Gasteiger partial charge on any atom is -0.503 e. The van der Waals surface area contributed by atoms with Crippen molar-refractivity contribution in [2.45, 2.75) is 6.04 Å². The quantitative estimate of drug-likeness (QED) is 0.375. The Labute approximate surface area is 188 Å². The van der Waals surface area contributed by atoms with Crippen LogP contribution in [0.25, 0.3) is 10.2 Å². The van der Waals surface area contributed by atoms with Crippen LogP contribution in [0.3, 0.4) is 0 Å². The van der Waals surface area contributed by atoms with Gasteiger partial charge < -0.3 is 5.11 Å². The Morgan fingerprint density at radius 3 is 2.65 bits per heavy atom. The molecule has 0 bridgehead atoms. The molecule has 1 atom stereocenters. The first-order valence-electron chi connectivity index (χ1n) is 9.10. The summed E-state index contributed by atoms with van der Waals surface area (Å²) in [5.41, 5.74) is 1.06. The molecule has 1 unspecified atom stereocenters. The lowest BCUT2D eigenvalue weighted by molar-refractivity contribution is -0.117. The van der Waals surface area contributed by atoms with Gasteiger partial charge in [-0.2, -0.15) is 0 Å². The maximum Gasteiger partial charge on any atom is 0.296 e. The molecule has 0 fully saturated rings. The molecule has 1 aliphatic rings. The first kappa shape index (κ1) is 19.9. The van der Waals surface area contributed by atoms with Crippen molar-refractivity contribution in [2.75, 3.05) is 4.90 Å². The van der Waals surface area contributed by atoms with E-state index < -0.39 is 29.3 Å². The number of ketones is 1. The number of aliphatic hydroxyl groups excluding tert-OH is 1. The van der Waals surface area contributed by atoms with Gasteiger partial charge in [0.1, 0.15) is 5.82 Å². The second kappa shape index (κ2) is 7.56. The summed E-state index contributed by atoms with van der Waals surface area (Å²) >= 11 is 8.50. The molecular formula is C22H12ClFN2O3S2. The largest absolute Gasteiger partial charge is 0.503 e. The third-order valence-corrected chi connectivity index (χ3v) is 7.05. The molecule has 0 saturated heterocycles. The fourth-order valence-electron chi connectivity index (χ4n) is 3.52.